The number of nitrogens with zero attached hydrogens (tertiary/aromatic N) is 6. The van der Waals surface area contributed by atoms with Gasteiger partial charge in [-0.3, -0.25) is 0 Å². The molecule has 5 aromatic rings. The number of hydrogen-bond donors (Lipinski definition) is 0. The van der Waals surface area contributed by atoms with Gasteiger partial charge in [0.2, 0.25) is 0 Å². The molecule has 0 saturated heterocycles. The van der Waals surface area contributed by atoms with Crippen LogP contribution in [0.3, 0.4) is 0 Å². The predicted octanol–water partition coefficient (Wildman–Crippen LogP) is 5.09. The molecule has 0 unspecified atom stereocenters. The van der Waals surface area contributed by atoms with Crippen LogP contribution in [0.4, 0.5) is 0 Å². The number of aromatic nitrogens is 6. The third-order valence-electron chi connectivity index (χ3n) is 4.14. The van der Waals surface area contributed by atoms with Gasteiger partial charge in [-0.1, -0.05) is 46.9 Å². The minimum atomic E-state index is 0.449. The largest absolute Gasteiger partial charge is 0.216 e. The zero-order valence-corrected chi connectivity index (χ0v) is 15.8. The minimum absolute atomic E-state index is 0.449. The normalized spacial score (nSPS) is 11.5. The highest BCUT2D eigenvalue weighted by atomic mass is 35.5. The van der Waals surface area contributed by atoms with Gasteiger partial charge in [0, 0.05) is 10.6 Å². The first-order chi connectivity index (χ1) is 13.1. The first kappa shape index (κ1) is 16.5. The van der Waals surface area contributed by atoms with Crippen molar-refractivity contribution in [2.24, 2.45) is 0 Å². The second-order valence-electron chi connectivity index (χ2n) is 5.85. The lowest BCUT2D eigenvalue weighted by Gasteiger charge is -2.04. The average molecular weight is 416 g/mol. The molecule has 0 aliphatic heterocycles. The standard InChI is InChI=1S/C18H9Cl3N6/c19-11-3-1-2-10(6-11)16-24-18-13-8-23-27(17(13)22-9-26(18)25-16)12-4-5-14(20)15(21)7-12/h1-9H. The van der Waals surface area contributed by atoms with Crippen LogP contribution >= 0.6 is 34.8 Å². The summed E-state index contributed by atoms with van der Waals surface area (Å²) in [7, 11) is 0. The van der Waals surface area contributed by atoms with Crippen LogP contribution in [0.5, 0.6) is 0 Å². The molecule has 0 aliphatic carbocycles. The lowest BCUT2D eigenvalue weighted by Crippen LogP contribution is -1.99. The van der Waals surface area contributed by atoms with Crippen molar-refractivity contribution in [1.29, 1.82) is 0 Å². The van der Waals surface area contributed by atoms with Gasteiger partial charge < -0.3 is 0 Å². The van der Waals surface area contributed by atoms with E-state index in [0.717, 1.165) is 16.6 Å². The molecule has 6 nitrogen and oxygen atoms in total. The summed E-state index contributed by atoms with van der Waals surface area (Å²) in [6.07, 6.45) is 3.31. The van der Waals surface area contributed by atoms with E-state index < -0.39 is 0 Å². The van der Waals surface area contributed by atoms with Crippen LogP contribution in [0.15, 0.2) is 55.0 Å². The Balaban J connectivity index is 1.70. The van der Waals surface area contributed by atoms with Gasteiger partial charge in [-0.15, -0.1) is 5.10 Å². The zero-order valence-electron chi connectivity index (χ0n) is 13.5. The Morgan fingerprint density at radius 1 is 0.889 bits per heavy atom. The fraction of sp³-hybridized carbons (Fsp3) is 0. The second kappa shape index (κ2) is 6.20. The van der Waals surface area contributed by atoms with Crippen molar-refractivity contribution in [2.45, 2.75) is 0 Å². The van der Waals surface area contributed by atoms with Crippen molar-refractivity contribution in [3.8, 4) is 17.1 Å². The summed E-state index contributed by atoms with van der Waals surface area (Å²) in [6.45, 7) is 0. The van der Waals surface area contributed by atoms with Crippen LogP contribution < -0.4 is 0 Å². The van der Waals surface area contributed by atoms with Gasteiger partial charge in [0.1, 0.15) is 6.33 Å². The molecule has 0 bridgehead atoms. The Labute approximate surface area is 167 Å². The first-order valence-electron chi connectivity index (χ1n) is 7.90. The molecule has 0 amide bonds. The third-order valence-corrected chi connectivity index (χ3v) is 5.11. The summed E-state index contributed by atoms with van der Waals surface area (Å²) >= 11 is 18.2. The molecular weight excluding hydrogens is 407 g/mol. The highest BCUT2D eigenvalue weighted by Crippen LogP contribution is 2.27. The van der Waals surface area contributed by atoms with Crippen molar-refractivity contribution in [3.63, 3.8) is 0 Å². The van der Waals surface area contributed by atoms with Gasteiger partial charge in [0.25, 0.3) is 0 Å². The molecule has 0 radical (unpaired) electrons. The lowest BCUT2D eigenvalue weighted by molar-refractivity contribution is 0.882. The SMILES string of the molecule is Clc1cccc(-c2nc3c4cnn(-c5ccc(Cl)c(Cl)c5)c4ncn3n2)c1. The Morgan fingerprint density at radius 2 is 1.78 bits per heavy atom. The number of rotatable bonds is 2. The van der Waals surface area contributed by atoms with Crippen molar-refractivity contribution in [2.75, 3.05) is 0 Å². The fourth-order valence-corrected chi connectivity index (χ4v) is 3.36. The van der Waals surface area contributed by atoms with Gasteiger partial charge >= 0.3 is 0 Å². The maximum atomic E-state index is 6.13. The van der Waals surface area contributed by atoms with Crippen molar-refractivity contribution in [1.82, 2.24) is 29.4 Å². The predicted molar refractivity (Wildman–Crippen MR) is 106 cm³/mol. The summed E-state index contributed by atoms with van der Waals surface area (Å²) in [4.78, 5) is 9.12. The van der Waals surface area contributed by atoms with Crippen LogP contribution in [0.25, 0.3) is 33.8 Å². The topological polar surface area (TPSA) is 60.9 Å². The minimum Gasteiger partial charge on any atom is -0.216 e. The van der Waals surface area contributed by atoms with E-state index >= 15 is 0 Å². The van der Waals surface area contributed by atoms with E-state index in [0.29, 0.717) is 32.2 Å². The molecular formula is C18H9Cl3N6. The molecule has 3 aromatic heterocycles. The smallest absolute Gasteiger partial charge is 0.182 e. The highest BCUT2D eigenvalue weighted by molar-refractivity contribution is 6.42. The summed E-state index contributed by atoms with van der Waals surface area (Å²) < 4.78 is 3.31. The second-order valence-corrected chi connectivity index (χ2v) is 7.10. The van der Waals surface area contributed by atoms with E-state index in [1.807, 2.05) is 30.3 Å². The van der Waals surface area contributed by atoms with E-state index in [9.17, 15) is 0 Å². The van der Waals surface area contributed by atoms with Gasteiger partial charge in [0.05, 0.1) is 27.3 Å². The van der Waals surface area contributed by atoms with Crippen LogP contribution in [-0.4, -0.2) is 29.4 Å². The molecule has 2 aromatic carbocycles. The molecule has 0 spiro atoms. The Morgan fingerprint density at radius 3 is 2.59 bits per heavy atom. The fourth-order valence-electron chi connectivity index (χ4n) is 2.88. The summed E-state index contributed by atoms with van der Waals surface area (Å²) in [5.74, 6) is 0.564. The van der Waals surface area contributed by atoms with Crippen molar-refractivity contribution >= 4 is 51.5 Å². The van der Waals surface area contributed by atoms with Crippen molar-refractivity contribution in [3.05, 3.63) is 70.1 Å². The molecule has 0 fully saturated rings. The van der Waals surface area contributed by atoms with Crippen LogP contribution in [-0.2, 0) is 0 Å². The number of halogens is 3. The van der Waals surface area contributed by atoms with Crippen LogP contribution in [0.1, 0.15) is 0 Å². The van der Waals surface area contributed by atoms with Crippen LogP contribution in [0, 0.1) is 0 Å². The first-order valence-corrected chi connectivity index (χ1v) is 9.04. The molecule has 0 aliphatic rings. The molecule has 0 N–H and O–H groups in total. The third kappa shape index (κ3) is 2.73. The van der Waals surface area contributed by atoms with E-state index in [4.69, 9.17) is 34.8 Å². The number of hydrogen-bond acceptors (Lipinski definition) is 4. The van der Waals surface area contributed by atoms with Gasteiger partial charge in [-0.25, -0.2) is 19.2 Å². The number of benzene rings is 2. The van der Waals surface area contributed by atoms with Crippen molar-refractivity contribution < 1.29 is 0 Å². The maximum Gasteiger partial charge on any atom is 0.182 e. The molecule has 132 valence electrons. The quantitative estimate of drug-likeness (QED) is 0.403. The van der Waals surface area contributed by atoms with Gasteiger partial charge in [-0.05, 0) is 30.3 Å². The zero-order chi connectivity index (χ0) is 18.5. The summed E-state index contributed by atoms with van der Waals surface area (Å²) in [5, 5.41) is 11.2. The molecule has 5 rings (SSSR count). The molecule has 0 saturated carbocycles. The number of fused-ring (bicyclic) bond motifs is 3. The lowest BCUT2D eigenvalue weighted by atomic mass is 10.2. The van der Waals surface area contributed by atoms with Gasteiger partial charge in [-0.2, -0.15) is 5.10 Å². The highest BCUT2D eigenvalue weighted by Gasteiger charge is 2.15. The molecule has 27 heavy (non-hydrogen) atoms. The Bertz CT molecular complexity index is 1320. The molecule has 0 atom stereocenters. The van der Waals surface area contributed by atoms with E-state index in [2.05, 4.69) is 20.2 Å². The van der Waals surface area contributed by atoms with Gasteiger partial charge in [0.15, 0.2) is 17.1 Å². The summed E-state index contributed by atoms with van der Waals surface area (Å²) in [5.41, 5.74) is 2.88. The average Bonchev–Trinajstić information content (AvgIpc) is 3.27. The van der Waals surface area contributed by atoms with Crippen LogP contribution in [0.2, 0.25) is 15.1 Å². The Hall–Kier alpha value is -2.67. The molecule has 9 heteroatoms. The Kier molecular flexibility index (Phi) is 3.79. The summed E-state index contributed by atoms with van der Waals surface area (Å²) in [6, 6.07) is 12.7. The molecule has 3 heterocycles. The monoisotopic (exact) mass is 414 g/mol. The van der Waals surface area contributed by atoms with E-state index in [1.54, 1.807) is 33.9 Å². The van der Waals surface area contributed by atoms with E-state index in [1.165, 1.54) is 0 Å². The van der Waals surface area contributed by atoms with E-state index in [-0.39, 0.29) is 0 Å². The maximum absolute atomic E-state index is 6.13.